The molecule has 0 atom stereocenters. The number of hydrogen-bond acceptors (Lipinski definition) is 4. The number of para-hydroxylation sites is 3. The molecule has 2 rings (SSSR count). The van der Waals surface area contributed by atoms with Gasteiger partial charge in [0.25, 0.3) is 0 Å². The first-order valence-electron chi connectivity index (χ1n) is 5.23. The second-order valence-electron chi connectivity index (χ2n) is 3.53. The minimum atomic E-state index is -4.67. The quantitative estimate of drug-likeness (QED) is 0.497. The van der Waals surface area contributed by atoms with Crippen LogP contribution in [0.3, 0.4) is 0 Å². The van der Waals surface area contributed by atoms with Crippen LogP contribution in [0.2, 0.25) is 0 Å². The van der Waals surface area contributed by atoms with Gasteiger partial charge >= 0.3 is 10.4 Å². The zero-order chi connectivity index (χ0) is 14.3. The van der Waals surface area contributed by atoms with Crippen LogP contribution >= 0.6 is 0 Å². The van der Waals surface area contributed by atoms with Crippen molar-refractivity contribution in [3.8, 4) is 0 Å². The smallest absolute Gasteiger partial charge is 0.394 e. The van der Waals surface area contributed by atoms with Crippen molar-refractivity contribution < 1.29 is 17.5 Å². The second kappa shape index (κ2) is 6.74. The fourth-order valence-electron chi connectivity index (χ4n) is 1.29. The Morgan fingerprint density at radius 3 is 1.89 bits per heavy atom. The van der Waals surface area contributed by atoms with Gasteiger partial charge in [-0.25, -0.2) is 0 Å². The van der Waals surface area contributed by atoms with E-state index in [-0.39, 0.29) is 0 Å². The van der Waals surface area contributed by atoms with Crippen LogP contribution in [0, 0.1) is 0 Å². The zero-order valence-corrected chi connectivity index (χ0v) is 10.7. The largest absolute Gasteiger partial charge is 0.397 e. The number of nitrogen functional groups attached to an aromatic ring is 1. The summed E-state index contributed by atoms with van der Waals surface area (Å²) in [7, 11) is -4.67. The Kier molecular flexibility index (Phi) is 5.31. The highest BCUT2D eigenvalue weighted by Crippen LogP contribution is 2.21. The average molecular weight is 282 g/mol. The Morgan fingerprint density at radius 2 is 1.37 bits per heavy atom. The summed E-state index contributed by atoms with van der Waals surface area (Å²) in [6.45, 7) is 0. The molecule has 0 fully saturated rings. The lowest BCUT2D eigenvalue weighted by Crippen LogP contribution is -1.94. The Balaban J connectivity index is 0.000000312. The van der Waals surface area contributed by atoms with Crippen LogP contribution in [0.1, 0.15) is 0 Å². The highest BCUT2D eigenvalue weighted by molar-refractivity contribution is 7.79. The molecule has 0 saturated heterocycles. The van der Waals surface area contributed by atoms with Gasteiger partial charge in [0.1, 0.15) is 0 Å². The average Bonchev–Trinajstić information content (AvgIpc) is 2.31. The number of benzene rings is 2. The van der Waals surface area contributed by atoms with E-state index in [1.54, 1.807) is 0 Å². The van der Waals surface area contributed by atoms with Crippen LogP contribution in [-0.4, -0.2) is 17.5 Å². The fraction of sp³-hybridized carbons (Fsp3) is 0. The molecule has 102 valence electrons. The second-order valence-corrected chi connectivity index (χ2v) is 4.42. The van der Waals surface area contributed by atoms with Gasteiger partial charge in [-0.3, -0.25) is 9.11 Å². The fourth-order valence-corrected chi connectivity index (χ4v) is 1.29. The van der Waals surface area contributed by atoms with Crippen molar-refractivity contribution in [3.63, 3.8) is 0 Å². The standard InChI is InChI=1S/C12H12N2.H2O4S/c13-11-8-4-5-9-12(11)14-10-6-2-1-3-7-10;1-5(2,3)4/h1-9,14H,13H2;(H2,1,2,3,4). The Morgan fingerprint density at radius 1 is 0.895 bits per heavy atom. The Hall–Kier alpha value is -2.09. The first kappa shape index (κ1) is 15.0. The van der Waals surface area contributed by atoms with Crippen LogP contribution in [0.15, 0.2) is 54.6 Å². The molecule has 5 N–H and O–H groups in total. The molecule has 0 heterocycles. The van der Waals surface area contributed by atoms with E-state index < -0.39 is 10.4 Å². The Bertz CT molecular complexity index is 607. The van der Waals surface area contributed by atoms with Crippen molar-refractivity contribution >= 4 is 27.5 Å². The van der Waals surface area contributed by atoms with Crippen molar-refractivity contribution in [2.75, 3.05) is 11.1 Å². The lowest BCUT2D eigenvalue weighted by atomic mass is 10.2. The molecule has 2 aromatic carbocycles. The summed E-state index contributed by atoms with van der Waals surface area (Å²) in [4.78, 5) is 0. The van der Waals surface area contributed by atoms with E-state index in [0.29, 0.717) is 0 Å². The van der Waals surface area contributed by atoms with Crippen LogP contribution in [0.25, 0.3) is 0 Å². The normalized spacial score (nSPS) is 10.2. The van der Waals surface area contributed by atoms with Gasteiger partial charge in [0.05, 0.1) is 11.4 Å². The summed E-state index contributed by atoms with van der Waals surface area (Å²) >= 11 is 0. The summed E-state index contributed by atoms with van der Waals surface area (Å²) in [5.41, 5.74) is 8.56. The van der Waals surface area contributed by atoms with E-state index in [1.807, 2.05) is 54.6 Å². The number of anilines is 3. The molecule has 0 aliphatic carbocycles. The lowest BCUT2D eigenvalue weighted by molar-refractivity contribution is 0.381. The van der Waals surface area contributed by atoms with Gasteiger partial charge in [-0.15, -0.1) is 0 Å². The molecule has 0 radical (unpaired) electrons. The summed E-state index contributed by atoms with van der Waals surface area (Å²) in [5, 5.41) is 3.25. The van der Waals surface area contributed by atoms with E-state index >= 15 is 0 Å². The molecule has 0 bridgehead atoms. The van der Waals surface area contributed by atoms with Gasteiger partial charge in [-0.1, -0.05) is 30.3 Å². The summed E-state index contributed by atoms with van der Waals surface area (Å²) in [5.74, 6) is 0. The first-order valence-corrected chi connectivity index (χ1v) is 6.62. The van der Waals surface area contributed by atoms with Gasteiger partial charge < -0.3 is 11.1 Å². The third-order valence-corrected chi connectivity index (χ3v) is 2.01. The molecule has 0 aromatic heterocycles. The molecule has 0 amide bonds. The predicted molar refractivity (Wildman–Crippen MR) is 74.8 cm³/mol. The van der Waals surface area contributed by atoms with Gasteiger partial charge in [-0.05, 0) is 24.3 Å². The maximum Gasteiger partial charge on any atom is 0.394 e. The molecule has 6 nitrogen and oxygen atoms in total. The molecule has 2 aromatic rings. The monoisotopic (exact) mass is 282 g/mol. The lowest BCUT2D eigenvalue weighted by Gasteiger charge is -2.08. The van der Waals surface area contributed by atoms with Gasteiger partial charge in [0.15, 0.2) is 0 Å². The maximum absolute atomic E-state index is 8.74. The molecule has 0 spiro atoms. The Labute approximate surface area is 111 Å². The molecule has 0 saturated carbocycles. The third-order valence-electron chi connectivity index (χ3n) is 2.01. The minimum absolute atomic E-state index is 0.761. The molecule has 7 heteroatoms. The maximum atomic E-state index is 8.74. The van der Waals surface area contributed by atoms with Gasteiger partial charge in [0, 0.05) is 5.69 Å². The topological polar surface area (TPSA) is 113 Å². The van der Waals surface area contributed by atoms with Crippen molar-refractivity contribution in [1.29, 1.82) is 0 Å². The van der Waals surface area contributed by atoms with Crippen molar-refractivity contribution in [1.82, 2.24) is 0 Å². The van der Waals surface area contributed by atoms with Crippen molar-refractivity contribution in [3.05, 3.63) is 54.6 Å². The minimum Gasteiger partial charge on any atom is -0.397 e. The van der Waals surface area contributed by atoms with E-state index in [2.05, 4.69) is 5.32 Å². The first-order chi connectivity index (χ1) is 8.86. The van der Waals surface area contributed by atoms with Gasteiger partial charge in [-0.2, -0.15) is 8.42 Å². The number of hydrogen-bond donors (Lipinski definition) is 4. The van der Waals surface area contributed by atoms with Crippen LogP contribution in [-0.2, 0) is 10.4 Å². The van der Waals surface area contributed by atoms with E-state index in [9.17, 15) is 0 Å². The van der Waals surface area contributed by atoms with E-state index in [4.69, 9.17) is 23.3 Å². The number of nitrogens with one attached hydrogen (secondary N) is 1. The van der Waals surface area contributed by atoms with E-state index in [1.165, 1.54) is 0 Å². The third kappa shape index (κ3) is 7.04. The molecular formula is C12H14N2O4S. The molecule has 19 heavy (non-hydrogen) atoms. The van der Waals surface area contributed by atoms with Crippen LogP contribution < -0.4 is 11.1 Å². The SMILES string of the molecule is Nc1ccccc1Nc1ccccc1.O=S(=O)(O)O. The van der Waals surface area contributed by atoms with Crippen molar-refractivity contribution in [2.45, 2.75) is 0 Å². The molecule has 0 aliphatic heterocycles. The predicted octanol–water partition coefficient (Wildman–Crippen LogP) is 2.36. The molecular weight excluding hydrogens is 268 g/mol. The number of rotatable bonds is 2. The van der Waals surface area contributed by atoms with Gasteiger partial charge in [0.2, 0.25) is 0 Å². The highest BCUT2D eigenvalue weighted by Gasteiger charge is 1.96. The zero-order valence-electron chi connectivity index (χ0n) is 9.89. The molecule has 0 unspecified atom stereocenters. The highest BCUT2D eigenvalue weighted by atomic mass is 32.3. The van der Waals surface area contributed by atoms with Crippen LogP contribution in [0.5, 0.6) is 0 Å². The summed E-state index contributed by atoms with van der Waals surface area (Å²) in [6, 6.07) is 17.7. The van der Waals surface area contributed by atoms with E-state index in [0.717, 1.165) is 17.1 Å². The summed E-state index contributed by atoms with van der Waals surface area (Å²) < 4.78 is 31.6. The summed E-state index contributed by atoms with van der Waals surface area (Å²) in [6.07, 6.45) is 0. The van der Waals surface area contributed by atoms with Crippen LogP contribution in [0.4, 0.5) is 17.1 Å². The van der Waals surface area contributed by atoms with Crippen molar-refractivity contribution in [2.24, 2.45) is 0 Å². The number of nitrogens with two attached hydrogens (primary N) is 1. The molecule has 0 aliphatic rings.